The molecule has 4 nitrogen and oxygen atoms in total. The van der Waals surface area contributed by atoms with Gasteiger partial charge in [-0.1, -0.05) is 0 Å². The summed E-state index contributed by atoms with van der Waals surface area (Å²) in [5.74, 6) is 0.836. The van der Waals surface area contributed by atoms with Crippen LogP contribution in [0.2, 0.25) is 0 Å². The van der Waals surface area contributed by atoms with E-state index < -0.39 is 0 Å². The van der Waals surface area contributed by atoms with Crippen LogP contribution in [-0.4, -0.2) is 18.5 Å². The minimum absolute atomic E-state index is 0.117. The molecule has 0 aromatic heterocycles. The van der Waals surface area contributed by atoms with Gasteiger partial charge in [-0.15, -0.1) is 0 Å². The molecule has 0 bridgehead atoms. The van der Waals surface area contributed by atoms with Gasteiger partial charge in [-0.3, -0.25) is 4.79 Å². The van der Waals surface area contributed by atoms with Crippen LogP contribution >= 0.6 is 0 Å². The molecule has 4 N–H and O–H groups in total. The molecule has 0 radical (unpaired) electrons. The Hall–Kier alpha value is -1.55. The van der Waals surface area contributed by atoms with Gasteiger partial charge in [-0.05, 0) is 48.9 Å². The Morgan fingerprint density at radius 2 is 2.17 bits per heavy atom. The van der Waals surface area contributed by atoms with E-state index >= 15 is 0 Å². The van der Waals surface area contributed by atoms with Crippen molar-refractivity contribution in [3.05, 3.63) is 23.8 Å². The maximum Gasteiger partial charge on any atom is 0.224 e. The summed E-state index contributed by atoms with van der Waals surface area (Å²) < 4.78 is 0. The van der Waals surface area contributed by atoms with Crippen LogP contribution in [0.1, 0.15) is 24.8 Å². The van der Waals surface area contributed by atoms with Gasteiger partial charge in [0.2, 0.25) is 5.91 Å². The third kappa shape index (κ3) is 2.34. The average molecular weight is 245 g/mol. The zero-order valence-corrected chi connectivity index (χ0v) is 10.4. The van der Waals surface area contributed by atoms with Crippen LogP contribution in [0, 0.1) is 5.92 Å². The second-order valence-electron chi connectivity index (χ2n) is 5.40. The number of nitrogens with one attached hydrogen (secondary N) is 2. The Labute approximate surface area is 107 Å². The summed E-state index contributed by atoms with van der Waals surface area (Å²) in [6, 6.07) is 6.58. The van der Waals surface area contributed by atoms with Gasteiger partial charge in [0.05, 0.1) is 0 Å². The van der Waals surface area contributed by atoms with Crippen LogP contribution in [0.15, 0.2) is 18.2 Å². The van der Waals surface area contributed by atoms with Crippen molar-refractivity contribution in [2.75, 3.05) is 17.2 Å². The molecule has 3 rings (SSSR count). The zero-order valence-electron chi connectivity index (χ0n) is 10.4. The molecule has 0 atom stereocenters. The van der Waals surface area contributed by atoms with E-state index in [2.05, 4.69) is 16.7 Å². The minimum atomic E-state index is 0.117. The van der Waals surface area contributed by atoms with Crippen molar-refractivity contribution in [1.29, 1.82) is 0 Å². The van der Waals surface area contributed by atoms with Crippen molar-refractivity contribution in [1.82, 2.24) is 0 Å². The molecule has 4 heteroatoms. The van der Waals surface area contributed by atoms with Crippen molar-refractivity contribution in [2.24, 2.45) is 11.7 Å². The maximum absolute atomic E-state index is 11.3. The smallest absolute Gasteiger partial charge is 0.224 e. The zero-order chi connectivity index (χ0) is 12.5. The monoisotopic (exact) mass is 245 g/mol. The van der Waals surface area contributed by atoms with E-state index in [4.69, 9.17) is 5.73 Å². The number of fused-ring (bicyclic) bond motifs is 1. The lowest BCUT2D eigenvalue weighted by Gasteiger charge is -2.32. The van der Waals surface area contributed by atoms with E-state index in [1.165, 1.54) is 5.56 Å². The van der Waals surface area contributed by atoms with Gasteiger partial charge < -0.3 is 16.4 Å². The van der Waals surface area contributed by atoms with Crippen molar-refractivity contribution < 1.29 is 4.79 Å². The maximum atomic E-state index is 11.3. The Kier molecular flexibility index (Phi) is 2.96. The third-order valence-electron chi connectivity index (χ3n) is 3.87. The van der Waals surface area contributed by atoms with Crippen LogP contribution in [0.5, 0.6) is 0 Å². The van der Waals surface area contributed by atoms with Crippen molar-refractivity contribution in [3.63, 3.8) is 0 Å². The highest BCUT2D eigenvalue weighted by molar-refractivity contribution is 5.94. The number of aryl methyl sites for hydroxylation is 1. The predicted octanol–water partition coefficient (Wildman–Crippen LogP) is 1.72. The first-order valence-electron chi connectivity index (χ1n) is 6.63. The summed E-state index contributed by atoms with van der Waals surface area (Å²) in [7, 11) is 0. The molecule has 2 aliphatic rings. The Morgan fingerprint density at radius 3 is 2.94 bits per heavy atom. The molecule has 96 valence electrons. The van der Waals surface area contributed by atoms with E-state index in [-0.39, 0.29) is 5.91 Å². The number of nitrogens with two attached hydrogens (primary N) is 1. The highest BCUT2D eigenvalue weighted by atomic mass is 16.1. The van der Waals surface area contributed by atoms with Crippen molar-refractivity contribution >= 4 is 17.3 Å². The summed E-state index contributed by atoms with van der Waals surface area (Å²) in [6.45, 7) is 0.999. The average Bonchev–Trinajstić information content (AvgIpc) is 2.33. The van der Waals surface area contributed by atoms with Crippen LogP contribution < -0.4 is 16.4 Å². The molecule has 0 saturated heterocycles. The predicted molar refractivity (Wildman–Crippen MR) is 72.6 cm³/mol. The minimum Gasteiger partial charge on any atom is -0.385 e. The number of hydrogen-bond donors (Lipinski definition) is 3. The lowest BCUT2D eigenvalue weighted by molar-refractivity contribution is -0.116. The van der Waals surface area contributed by atoms with Gasteiger partial charge in [0, 0.05) is 30.4 Å². The number of amides is 1. The van der Waals surface area contributed by atoms with Crippen LogP contribution in [0.3, 0.4) is 0 Å². The molecule has 1 amide bonds. The molecule has 1 aliphatic carbocycles. The molecule has 1 saturated carbocycles. The first kappa shape index (κ1) is 11.5. The Morgan fingerprint density at radius 1 is 1.33 bits per heavy atom. The lowest BCUT2D eigenvalue weighted by atomic mass is 9.81. The largest absolute Gasteiger partial charge is 0.385 e. The second kappa shape index (κ2) is 4.61. The van der Waals surface area contributed by atoms with Crippen molar-refractivity contribution in [2.45, 2.75) is 31.7 Å². The number of anilines is 2. The summed E-state index contributed by atoms with van der Waals surface area (Å²) in [4.78, 5) is 11.3. The molecular formula is C14H19N3O. The Balaban J connectivity index is 1.61. The molecule has 18 heavy (non-hydrogen) atoms. The third-order valence-corrected chi connectivity index (χ3v) is 3.87. The van der Waals surface area contributed by atoms with Crippen LogP contribution in [0.25, 0.3) is 0 Å². The summed E-state index contributed by atoms with van der Waals surface area (Å²) in [5, 5.41) is 6.36. The first-order chi connectivity index (χ1) is 8.70. The van der Waals surface area contributed by atoms with Crippen molar-refractivity contribution in [3.8, 4) is 0 Å². The van der Waals surface area contributed by atoms with E-state index in [1.54, 1.807) is 0 Å². The standard InChI is InChI=1S/C14H19N3O/c15-11-5-9(6-11)8-16-12-2-3-13-10(7-12)1-4-14(18)17-13/h2-3,7,9,11,16H,1,4-6,8,15H2,(H,17,18). The SMILES string of the molecule is NC1CC(CNc2ccc3c(c2)CCC(=O)N3)C1. The lowest BCUT2D eigenvalue weighted by Crippen LogP contribution is -2.39. The summed E-state index contributed by atoms with van der Waals surface area (Å²) >= 11 is 0. The van der Waals surface area contributed by atoms with Gasteiger partial charge in [-0.25, -0.2) is 0 Å². The van der Waals surface area contributed by atoms with Gasteiger partial charge in [0.15, 0.2) is 0 Å². The quantitative estimate of drug-likeness (QED) is 0.759. The highest BCUT2D eigenvalue weighted by Crippen LogP contribution is 2.28. The van der Waals surface area contributed by atoms with Gasteiger partial charge in [0.1, 0.15) is 0 Å². The molecular weight excluding hydrogens is 226 g/mol. The fourth-order valence-corrected chi connectivity index (χ4v) is 2.71. The summed E-state index contributed by atoms with van der Waals surface area (Å²) in [5.41, 5.74) is 9.11. The molecule has 1 aromatic rings. The topological polar surface area (TPSA) is 67.1 Å². The van der Waals surface area contributed by atoms with E-state index in [9.17, 15) is 4.79 Å². The second-order valence-corrected chi connectivity index (χ2v) is 5.40. The van der Waals surface area contributed by atoms with E-state index in [1.807, 2.05) is 12.1 Å². The number of carbonyl (C=O) groups is 1. The number of rotatable bonds is 3. The molecule has 1 heterocycles. The number of hydrogen-bond acceptors (Lipinski definition) is 3. The number of carbonyl (C=O) groups excluding carboxylic acids is 1. The van der Waals surface area contributed by atoms with Crippen LogP contribution in [0.4, 0.5) is 11.4 Å². The van der Waals surface area contributed by atoms with E-state index in [0.29, 0.717) is 12.5 Å². The van der Waals surface area contributed by atoms with Gasteiger partial charge in [0.25, 0.3) is 0 Å². The first-order valence-corrected chi connectivity index (χ1v) is 6.63. The highest BCUT2D eigenvalue weighted by Gasteiger charge is 2.25. The fourth-order valence-electron chi connectivity index (χ4n) is 2.71. The van der Waals surface area contributed by atoms with Gasteiger partial charge >= 0.3 is 0 Å². The normalized spacial score (nSPS) is 25.9. The fraction of sp³-hybridized carbons (Fsp3) is 0.500. The molecule has 1 aliphatic heterocycles. The van der Waals surface area contributed by atoms with Gasteiger partial charge in [-0.2, -0.15) is 0 Å². The molecule has 0 spiro atoms. The molecule has 1 aromatic carbocycles. The van der Waals surface area contributed by atoms with E-state index in [0.717, 1.165) is 43.1 Å². The number of benzene rings is 1. The van der Waals surface area contributed by atoms with Crippen LogP contribution in [-0.2, 0) is 11.2 Å². The molecule has 0 unspecified atom stereocenters. The summed E-state index contributed by atoms with van der Waals surface area (Å²) in [6.07, 6.45) is 3.70. The Bertz CT molecular complexity index is 466. The molecule has 1 fully saturated rings.